The van der Waals surface area contributed by atoms with Gasteiger partial charge in [-0.05, 0) is 30.6 Å². The third kappa shape index (κ3) is 3.21. The number of hydrogen-bond acceptors (Lipinski definition) is 2. The molecule has 3 heteroatoms. The van der Waals surface area contributed by atoms with E-state index in [-0.39, 0.29) is 17.9 Å². The average molecular weight is 238 g/mol. The van der Waals surface area contributed by atoms with E-state index in [1.54, 1.807) is 0 Å². The van der Waals surface area contributed by atoms with E-state index in [1.165, 1.54) is 19.3 Å². The molecule has 2 rings (SSSR count). The molecule has 2 saturated carbocycles. The Morgan fingerprint density at radius 3 is 2.59 bits per heavy atom. The molecule has 98 valence electrons. The maximum absolute atomic E-state index is 12.1. The van der Waals surface area contributed by atoms with Crippen LogP contribution in [0.4, 0.5) is 0 Å². The molecule has 3 nitrogen and oxygen atoms in total. The molecule has 0 radical (unpaired) electrons. The summed E-state index contributed by atoms with van der Waals surface area (Å²) in [4.78, 5) is 12.1. The molecule has 0 spiro atoms. The van der Waals surface area contributed by atoms with Crippen molar-refractivity contribution in [3.8, 4) is 0 Å². The first-order chi connectivity index (χ1) is 8.00. The fourth-order valence-corrected chi connectivity index (χ4v) is 2.94. The smallest absolute Gasteiger partial charge is 0.224 e. The second kappa shape index (κ2) is 4.97. The van der Waals surface area contributed by atoms with Crippen molar-refractivity contribution in [3.05, 3.63) is 0 Å². The summed E-state index contributed by atoms with van der Waals surface area (Å²) in [7, 11) is 0. The van der Waals surface area contributed by atoms with E-state index in [0.717, 1.165) is 25.8 Å². The molecular weight excluding hydrogens is 212 g/mol. The van der Waals surface area contributed by atoms with Gasteiger partial charge in [0.1, 0.15) is 0 Å². The summed E-state index contributed by atoms with van der Waals surface area (Å²) in [5.74, 6) is 0.926. The number of nitrogens with two attached hydrogens (primary N) is 1. The van der Waals surface area contributed by atoms with E-state index in [0.29, 0.717) is 11.3 Å². The van der Waals surface area contributed by atoms with Gasteiger partial charge in [0.05, 0.1) is 5.92 Å². The Hall–Kier alpha value is -0.570. The maximum Gasteiger partial charge on any atom is 0.224 e. The zero-order chi connectivity index (χ0) is 12.5. The summed E-state index contributed by atoms with van der Waals surface area (Å²) in [6.45, 7) is 5.37. The van der Waals surface area contributed by atoms with Crippen molar-refractivity contribution in [2.45, 2.75) is 58.4 Å². The van der Waals surface area contributed by atoms with E-state index in [2.05, 4.69) is 19.2 Å². The number of carbonyl (C=O) groups is 1. The van der Waals surface area contributed by atoms with Crippen LogP contribution in [0.1, 0.15) is 52.4 Å². The topological polar surface area (TPSA) is 55.1 Å². The number of carbonyl (C=O) groups excluding carboxylic acids is 1. The molecule has 0 aromatic heterocycles. The SMILES string of the molecule is CC1(C)CC1CNC(=O)C1CCCCCC1N. The highest BCUT2D eigenvalue weighted by molar-refractivity contribution is 5.79. The number of nitrogens with one attached hydrogen (secondary N) is 1. The standard InChI is InChI=1S/C14H26N2O/c1-14(2)8-10(14)9-16-13(17)11-6-4-3-5-7-12(11)15/h10-12H,3-9,15H2,1-2H3,(H,16,17). The van der Waals surface area contributed by atoms with Crippen LogP contribution in [0.3, 0.4) is 0 Å². The minimum absolute atomic E-state index is 0.0550. The lowest BCUT2D eigenvalue weighted by molar-refractivity contribution is -0.125. The highest BCUT2D eigenvalue weighted by Crippen LogP contribution is 2.51. The van der Waals surface area contributed by atoms with E-state index < -0.39 is 0 Å². The third-order valence-electron chi connectivity index (χ3n) is 4.65. The van der Waals surface area contributed by atoms with Crippen molar-refractivity contribution < 1.29 is 4.79 Å². The number of amides is 1. The molecule has 0 saturated heterocycles. The highest BCUT2D eigenvalue weighted by atomic mass is 16.1. The molecule has 3 unspecified atom stereocenters. The Labute approximate surface area is 105 Å². The summed E-state index contributed by atoms with van der Waals surface area (Å²) < 4.78 is 0. The second-order valence-corrected chi connectivity index (χ2v) is 6.54. The lowest BCUT2D eigenvalue weighted by Gasteiger charge is -2.20. The van der Waals surface area contributed by atoms with Gasteiger partial charge in [0.15, 0.2) is 0 Å². The Morgan fingerprint density at radius 2 is 1.94 bits per heavy atom. The van der Waals surface area contributed by atoms with Gasteiger partial charge < -0.3 is 11.1 Å². The molecule has 2 aliphatic rings. The molecule has 0 bridgehead atoms. The first kappa shape index (κ1) is 12.9. The number of rotatable bonds is 3. The van der Waals surface area contributed by atoms with Crippen LogP contribution in [0.15, 0.2) is 0 Å². The van der Waals surface area contributed by atoms with Crippen molar-refractivity contribution in [2.75, 3.05) is 6.54 Å². The quantitative estimate of drug-likeness (QED) is 0.739. The minimum Gasteiger partial charge on any atom is -0.356 e. The fourth-order valence-electron chi connectivity index (χ4n) is 2.94. The van der Waals surface area contributed by atoms with Crippen LogP contribution in [-0.4, -0.2) is 18.5 Å². The molecule has 0 aliphatic heterocycles. The van der Waals surface area contributed by atoms with Crippen molar-refractivity contribution in [1.29, 1.82) is 0 Å². The van der Waals surface area contributed by atoms with E-state index in [9.17, 15) is 4.79 Å². The highest BCUT2D eigenvalue weighted by Gasteiger charge is 2.45. The summed E-state index contributed by atoms with van der Waals surface area (Å²) in [6.07, 6.45) is 6.78. The zero-order valence-electron chi connectivity index (χ0n) is 11.2. The van der Waals surface area contributed by atoms with Gasteiger partial charge in [-0.2, -0.15) is 0 Å². The van der Waals surface area contributed by atoms with Gasteiger partial charge in [-0.3, -0.25) is 4.79 Å². The zero-order valence-corrected chi connectivity index (χ0v) is 11.2. The van der Waals surface area contributed by atoms with Crippen molar-refractivity contribution in [1.82, 2.24) is 5.32 Å². The first-order valence-corrected chi connectivity index (χ1v) is 7.04. The van der Waals surface area contributed by atoms with Crippen molar-refractivity contribution >= 4 is 5.91 Å². The Kier molecular flexibility index (Phi) is 3.76. The first-order valence-electron chi connectivity index (χ1n) is 7.04. The molecule has 2 fully saturated rings. The summed E-state index contributed by atoms with van der Waals surface area (Å²) >= 11 is 0. The molecule has 0 aromatic carbocycles. The van der Waals surface area contributed by atoms with Crippen LogP contribution in [-0.2, 0) is 4.79 Å². The van der Waals surface area contributed by atoms with Crippen molar-refractivity contribution in [2.24, 2.45) is 23.0 Å². The average Bonchev–Trinajstić information content (AvgIpc) is 2.93. The molecule has 1 amide bonds. The van der Waals surface area contributed by atoms with Gasteiger partial charge in [-0.15, -0.1) is 0 Å². The molecule has 3 N–H and O–H groups in total. The number of hydrogen-bond donors (Lipinski definition) is 2. The van der Waals surface area contributed by atoms with Gasteiger partial charge in [0.25, 0.3) is 0 Å². The largest absolute Gasteiger partial charge is 0.356 e. The van der Waals surface area contributed by atoms with Gasteiger partial charge in [-0.25, -0.2) is 0 Å². The Morgan fingerprint density at radius 1 is 1.29 bits per heavy atom. The van der Waals surface area contributed by atoms with Crippen molar-refractivity contribution in [3.63, 3.8) is 0 Å². The molecule has 0 aromatic rings. The van der Waals surface area contributed by atoms with Gasteiger partial charge in [0, 0.05) is 12.6 Å². The van der Waals surface area contributed by atoms with Gasteiger partial charge >= 0.3 is 0 Å². The predicted molar refractivity (Wildman–Crippen MR) is 69.4 cm³/mol. The van der Waals surface area contributed by atoms with Crippen LogP contribution in [0.5, 0.6) is 0 Å². The lowest BCUT2D eigenvalue weighted by atomic mass is 9.94. The van der Waals surface area contributed by atoms with Crippen LogP contribution < -0.4 is 11.1 Å². The van der Waals surface area contributed by atoms with Crippen LogP contribution in [0.2, 0.25) is 0 Å². The van der Waals surface area contributed by atoms with Crippen LogP contribution in [0.25, 0.3) is 0 Å². The third-order valence-corrected chi connectivity index (χ3v) is 4.65. The molecule has 17 heavy (non-hydrogen) atoms. The van der Waals surface area contributed by atoms with E-state index >= 15 is 0 Å². The molecule has 0 heterocycles. The summed E-state index contributed by atoms with van der Waals surface area (Å²) in [5.41, 5.74) is 6.54. The monoisotopic (exact) mass is 238 g/mol. The fraction of sp³-hybridized carbons (Fsp3) is 0.929. The predicted octanol–water partition coefficient (Wildman–Crippen LogP) is 2.06. The second-order valence-electron chi connectivity index (χ2n) is 6.54. The van der Waals surface area contributed by atoms with E-state index in [4.69, 9.17) is 5.73 Å². The van der Waals surface area contributed by atoms with E-state index in [1.807, 2.05) is 0 Å². The van der Waals surface area contributed by atoms with Crippen LogP contribution in [0, 0.1) is 17.3 Å². The Balaban J connectivity index is 1.78. The molecule has 2 aliphatic carbocycles. The molecular formula is C14H26N2O. The molecule has 3 atom stereocenters. The Bertz CT molecular complexity index is 288. The summed E-state index contributed by atoms with van der Waals surface area (Å²) in [6, 6.07) is 0.0738. The normalized spacial score (nSPS) is 36.1. The lowest BCUT2D eigenvalue weighted by Crippen LogP contribution is -2.42. The van der Waals surface area contributed by atoms with Crippen LogP contribution >= 0.6 is 0 Å². The minimum atomic E-state index is 0.0550. The van der Waals surface area contributed by atoms with Gasteiger partial charge in [0.2, 0.25) is 5.91 Å². The maximum atomic E-state index is 12.1. The summed E-state index contributed by atoms with van der Waals surface area (Å²) in [5, 5.41) is 3.11. The van der Waals surface area contributed by atoms with Gasteiger partial charge in [-0.1, -0.05) is 33.1 Å².